The maximum Gasteiger partial charge on any atom is 0.282 e. The van der Waals surface area contributed by atoms with Crippen LogP contribution >= 0.6 is 15.9 Å². The van der Waals surface area contributed by atoms with Gasteiger partial charge in [0.1, 0.15) is 0 Å². The molecule has 3 rings (SSSR count). The fraction of sp³-hybridized carbons (Fsp3) is 0.118. The Bertz CT molecular complexity index is 979. The van der Waals surface area contributed by atoms with Crippen molar-refractivity contribution < 1.29 is 4.79 Å². The predicted octanol–water partition coefficient (Wildman–Crippen LogP) is 3.26. The number of nitrogens with zero attached hydrogens (tertiary/aromatic N) is 2. The molecule has 5 nitrogen and oxygen atoms in total. The largest absolute Gasteiger partial charge is 0.320 e. The second-order valence-corrected chi connectivity index (χ2v) is 6.09. The highest BCUT2D eigenvalue weighted by molar-refractivity contribution is 9.10. The molecule has 0 aliphatic heterocycles. The molecule has 0 fully saturated rings. The zero-order chi connectivity index (χ0) is 16.6. The molecule has 3 aromatic rings. The number of anilines is 1. The average Bonchev–Trinajstić information content (AvgIpc) is 2.54. The Morgan fingerprint density at radius 1 is 1.22 bits per heavy atom. The van der Waals surface area contributed by atoms with Crippen molar-refractivity contribution in [3.05, 3.63) is 68.5 Å². The van der Waals surface area contributed by atoms with Crippen molar-refractivity contribution in [2.45, 2.75) is 6.92 Å². The third-order valence-electron chi connectivity index (χ3n) is 3.61. The highest BCUT2D eigenvalue weighted by Gasteiger charge is 2.16. The van der Waals surface area contributed by atoms with Crippen LogP contribution < -0.4 is 10.9 Å². The fourth-order valence-electron chi connectivity index (χ4n) is 2.34. The average molecular weight is 372 g/mol. The van der Waals surface area contributed by atoms with Crippen molar-refractivity contribution in [1.82, 2.24) is 9.55 Å². The lowest BCUT2D eigenvalue weighted by atomic mass is 10.2. The van der Waals surface area contributed by atoms with Crippen LogP contribution in [-0.2, 0) is 7.05 Å². The summed E-state index contributed by atoms with van der Waals surface area (Å²) in [6.45, 7) is 1.92. The van der Waals surface area contributed by atoms with E-state index >= 15 is 0 Å². The first kappa shape index (κ1) is 15.4. The summed E-state index contributed by atoms with van der Waals surface area (Å²) in [5.74, 6) is -0.516. The summed E-state index contributed by atoms with van der Waals surface area (Å²) in [6, 6.07) is 12.6. The molecule has 0 aliphatic carbocycles. The van der Waals surface area contributed by atoms with Crippen LogP contribution in [0.15, 0.2) is 51.7 Å². The topological polar surface area (TPSA) is 64.0 Å². The van der Waals surface area contributed by atoms with Crippen LogP contribution in [0.25, 0.3) is 11.0 Å². The number of fused-ring (bicyclic) bond motifs is 1. The quantitative estimate of drug-likeness (QED) is 0.751. The van der Waals surface area contributed by atoms with E-state index in [-0.39, 0.29) is 5.69 Å². The lowest BCUT2D eigenvalue weighted by molar-refractivity contribution is 0.102. The first-order valence-corrected chi connectivity index (χ1v) is 7.80. The Hall–Kier alpha value is -2.47. The van der Waals surface area contributed by atoms with Crippen LogP contribution in [0.5, 0.6) is 0 Å². The summed E-state index contributed by atoms with van der Waals surface area (Å²) >= 11 is 3.41. The van der Waals surface area contributed by atoms with E-state index in [4.69, 9.17) is 0 Å². The van der Waals surface area contributed by atoms with Gasteiger partial charge in [-0.2, -0.15) is 0 Å². The third kappa shape index (κ3) is 2.90. The van der Waals surface area contributed by atoms with E-state index in [1.165, 1.54) is 4.57 Å². The lowest BCUT2D eigenvalue weighted by Gasteiger charge is -2.09. The normalized spacial score (nSPS) is 10.7. The molecule has 1 aromatic heterocycles. The summed E-state index contributed by atoms with van der Waals surface area (Å²) < 4.78 is 2.39. The van der Waals surface area contributed by atoms with Gasteiger partial charge in [0.25, 0.3) is 11.5 Å². The van der Waals surface area contributed by atoms with Gasteiger partial charge in [-0.05, 0) is 42.8 Å². The number of aryl methyl sites for hydroxylation is 2. The van der Waals surface area contributed by atoms with E-state index in [0.717, 1.165) is 10.0 Å². The highest BCUT2D eigenvalue weighted by atomic mass is 79.9. The van der Waals surface area contributed by atoms with Crippen molar-refractivity contribution in [2.75, 3.05) is 5.32 Å². The van der Waals surface area contributed by atoms with Crippen LogP contribution in [0, 0.1) is 6.92 Å². The smallest absolute Gasteiger partial charge is 0.282 e. The fourth-order valence-corrected chi connectivity index (χ4v) is 2.59. The molecule has 0 atom stereocenters. The van der Waals surface area contributed by atoms with E-state index in [9.17, 15) is 9.59 Å². The van der Waals surface area contributed by atoms with Gasteiger partial charge < -0.3 is 9.88 Å². The Morgan fingerprint density at radius 3 is 2.70 bits per heavy atom. The molecule has 116 valence electrons. The number of hydrogen-bond donors (Lipinski definition) is 1. The first-order valence-electron chi connectivity index (χ1n) is 7.00. The lowest BCUT2D eigenvalue weighted by Crippen LogP contribution is -2.29. The van der Waals surface area contributed by atoms with Gasteiger partial charge in [-0.15, -0.1) is 0 Å². The number of hydrogen-bond acceptors (Lipinski definition) is 3. The summed E-state index contributed by atoms with van der Waals surface area (Å²) in [5.41, 5.74) is 2.36. The van der Waals surface area contributed by atoms with Gasteiger partial charge in [-0.1, -0.05) is 28.1 Å². The molecular formula is C17H14BrN3O2. The number of carbonyl (C=O) groups is 1. The zero-order valence-electron chi connectivity index (χ0n) is 12.6. The van der Waals surface area contributed by atoms with E-state index in [0.29, 0.717) is 16.7 Å². The molecule has 1 heterocycles. The SMILES string of the molecule is Cc1cc(NC(=O)c2nc3ccccc3n(C)c2=O)ccc1Br. The molecule has 0 saturated carbocycles. The van der Waals surface area contributed by atoms with Crippen molar-refractivity contribution in [1.29, 1.82) is 0 Å². The molecule has 1 N–H and O–H groups in total. The van der Waals surface area contributed by atoms with Gasteiger partial charge in [-0.3, -0.25) is 9.59 Å². The van der Waals surface area contributed by atoms with Crippen LogP contribution in [0.2, 0.25) is 0 Å². The third-order valence-corrected chi connectivity index (χ3v) is 4.50. The Balaban J connectivity index is 2.02. The summed E-state index contributed by atoms with van der Waals surface area (Å²) in [4.78, 5) is 29.0. The maximum atomic E-state index is 12.4. The molecule has 23 heavy (non-hydrogen) atoms. The summed E-state index contributed by atoms with van der Waals surface area (Å²) in [5, 5.41) is 2.72. The van der Waals surface area contributed by atoms with E-state index in [1.54, 1.807) is 25.2 Å². The van der Waals surface area contributed by atoms with Gasteiger partial charge in [-0.25, -0.2) is 4.98 Å². The molecule has 2 aromatic carbocycles. The number of rotatable bonds is 2. The number of benzene rings is 2. The van der Waals surface area contributed by atoms with Crippen LogP contribution in [0.1, 0.15) is 16.1 Å². The first-order chi connectivity index (χ1) is 11.0. The Morgan fingerprint density at radius 2 is 1.96 bits per heavy atom. The van der Waals surface area contributed by atoms with E-state index < -0.39 is 11.5 Å². The Kier molecular flexibility index (Phi) is 4.00. The molecule has 0 saturated heterocycles. The summed E-state index contributed by atoms with van der Waals surface area (Å²) in [6.07, 6.45) is 0. The van der Waals surface area contributed by atoms with Crippen molar-refractivity contribution in [2.24, 2.45) is 7.05 Å². The van der Waals surface area contributed by atoms with Crippen molar-refractivity contribution >= 4 is 38.6 Å². The minimum absolute atomic E-state index is 0.119. The van der Waals surface area contributed by atoms with Crippen LogP contribution in [0.3, 0.4) is 0 Å². The Labute approximate surface area is 141 Å². The van der Waals surface area contributed by atoms with Gasteiger partial charge in [0, 0.05) is 17.2 Å². The zero-order valence-corrected chi connectivity index (χ0v) is 14.2. The molecule has 1 amide bonds. The number of halogens is 1. The number of carbonyl (C=O) groups excluding carboxylic acids is 1. The van der Waals surface area contributed by atoms with E-state index in [2.05, 4.69) is 26.2 Å². The standard InChI is InChI=1S/C17H14BrN3O2/c1-10-9-11(7-8-12(10)18)19-16(22)15-17(23)21(2)14-6-4-3-5-13(14)20-15/h3-9H,1-2H3,(H,19,22). The highest BCUT2D eigenvalue weighted by Crippen LogP contribution is 2.20. The summed E-state index contributed by atoms with van der Waals surface area (Å²) in [7, 11) is 1.63. The molecule has 0 bridgehead atoms. The minimum Gasteiger partial charge on any atom is -0.320 e. The van der Waals surface area contributed by atoms with Crippen LogP contribution in [-0.4, -0.2) is 15.5 Å². The maximum absolute atomic E-state index is 12.4. The second-order valence-electron chi connectivity index (χ2n) is 5.23. The number of aromatic nitrogens is 2. The van der Waals surface area contributed by atoms with Gasteiger partial charge in [0.15, 0.2) is 5.69 Å². The van der Waals surface area contributed by atoms with Crippen LogP contribution in [0.4, 0.5) is 5.69 Å². The molecule has 0 unspecified atom stereocenters. The minimum atomic E-state index is -0.516. The molecule has 0 radical (unpaired) electrons. The molecular weight excluding hydrogens is 358 g/mol. The van der Waals surface area contributed by atoms with Crippen molar-refractivity contribution in [3.8, 4) is 0 Å². The molecule has 6 heteroatoms. The number of para-hydroxylation sites is 2. The van der Waals surface area contributed by atoms with Gasteiger partial charge in [0.05, 0.1) is 11.0 Å². The van der Waals surface area contributed by atoms with Gasteiger partial charge >= 0.3 is 0 Å². The molecule has 0 aliphatic rings. The molecule has 0 spiro atoms. The number of nitrogens with one attached hydrogen (secondary N) is 1. The van der Waals surface area contributed by atoms with Crippen molar-refractivity contribution in [3.63, 3.8) is 0 Å². The van der Waals surface area contributed by atoms with Gasteiger partial charge in [0.2, 0.25) is 0 Å². The number of amides is 1. The monoisotopic (exact) mass is 371 g/mol. The van der Waals surface area contributed by atoms with E-state index in [1.807, 2.05) is 31.2 Å². The predicted molar refractivity (Wildman–Crippen MR) is 93.8 cm³/mol. The second kappa shape index (κ2) is 5.96.